The second-order valence-corrected chi connectivity index (χ2v) is 6.10. The average Bonchev–Trinajstić information content (AvgIpc) is 2.65. The molecule has 94 valence electrons. The van der Waals surface area contributed by atoms with Crippen molar-refractivity contribution in [3.63, 3.8) is 0 Å². The maximum absolute atomic E-state index is 6.06. The number of nitrogens with zero attached hydrogens (tertiary/aromatic N) is 1. The van der Waals surface area contributed by atoms with E-state index in [0.29, 0.717) is 0 Å². The van der Waals surface area contributed by atoms with E-state index in [9.17, 15) is 0 Å². The molecular formula is C15H18N2S. The van der Waals surface area contributed by atoms with Crippen LogP contribution in [0.4, 0.5) is 0 Å². The van der Waals surface area contributed by atoms with E-state index in [1.807, 2.05) is 6.07 Å². The van der Waals surface area contributed by atoms with Crippen LogP contribution in [0, 0.1) is 0 Å². The van der Waals surface area contributed by atoms with E-state index in [0.717, 1.165) is 18.4 Å². The first-order valence-electron chi connectivity index (χ1n) is 6.61. The standard InChI is InChI=1S/C15H18N2S/c16-12-6-2-1-5-11(9-12)10-15-17-13-7-3-4-8-14(13)18-15/h3-4,7-9,12H,1-2,5-6,10,16H2. The number of aromatic nitrogens is 1. The van der Waals surface area contributed by atoms with E-state index in [4.69, 9.17) is 10.7 Å². The average molecular weight is 258 g/mol. The van der Waals surface area contributed by atoms with E-state index in [1.165, 1.54) is 34.5 Å². The highest BCUT2D eigenvalue weighted by molar-refractivity contribution is 7.18. The van der Waals surface area contributed by atoms with Crippen molar-refractivity contribution in [2.75, 3.05) is 0 Å². The third kappa shape index (κ3) is 2.62. The summed E-state index contributed by atoms with van der Waals surface area (Å²) in [6, 6.07) is 8.60. The highest BCUT2D eigenvalue weighted by Gasteiger charge is 2.11. The van der Waals surface area contributed by atoms with Gasteiger partial charge in [0, 0.05) is 12.5 Å². The Morgan fingerprint density at radius 1 is 1.28 bits per heavy atom. The molecule has 3 heteroatoms. The maximum Gasteiger partial charge on any atom is 0.0979 e. The molecule has 2 N–H and O–H groups in total. The summed E-state index contributed by atoms with van der Waals surface area (Å²) in [5.74, 6) is 0. The summed E-state index contributed by atoms with van der Waals surface area (Å²) in [6.45, 7) is 0. The molecule has 1 aromatic heterocycles. The predicted molar refractivity (Wildman–Crippen MR) is 77.9 cm³/mol. The molecule has 1 aliphatic carbocycles. The zero-order valence-electron chi connectivity index (χ0n) is 10.4. The van der Waals surface area contributed by atoms with Crippen molar-refractivity contribution >= 4 is 21.6 Å². The first-order chi connectivity index (χ1) is 8.81. The summed E-state index contributed by atoms with van der Waals surface area (Å²) in [6.07, 6.45) is 8.07. The molecule has 1 atom stereocenters. The second-order valence-electron chi connectivity index (χ2n) is 4.99. The van der Waals surface area contributed by atoms with Crippen molar-refractivity contribution in [2.45, 2.75) is 38.1 Å². The molecule has 0 amide bonds. The summed E-state index contributed by atoms with van der Waals surface area (Å²) in [5, 5.41) is 1.22. The van der Waals surface area contributed by atoms with E-state index >= 15 is 0 Å². The van der Waals surface area contributed by atoms with E-state index in [1.54, 1.807) is 11.3 Å². The molecule has 2 nitrogen and oxygen atoms in total. The molecule has 0 radical (unpaired) electrons. The van der Waals surface area contributed by atoms with Crippen molar-refractivity contribution < 1.29 is 0 Å². The Kier molecular flexibility index (Phi) is 3.43. The normalized spacial score (nSPS) is 20.7. The van der Waals surface area contributed by atoms with Gasteiger partial charge in [-0.15, -0.1) is 11.3 Å². The summed E-state index contributed by atoms with van der Waals surface area (Å²) in [5.41, 5.74) is 8.65. The van der Waals surface area contributed by atoms with Gasteiger partial charge in [-0.2, -0.15) is 0 Å². The van der Waals surface area contributed by atoms with Crippen LogP contribution >= 0.6 is 11.3 Å². The first kappa shape index (κ1) is 11.9. The van der Waals surface area contributed by atoms with Crippen LogP contribution in [0.15, 0.2) is 35.9 Å². The van der Waals surface area contributed by atoms with Crippen LogP contribution < -0.4 is 5.73 Å². The largest absolute Gasteiger partial charge is 0.324 e. The number of nitrogens with two attached hydrogens (primary N) is 1. The quantitative estimate of drug-likeness (QED) is 0.835. The zero-order chi connectivity index (χ0) is 12.4. The Labute approximate surface area is 112 Å². The Hall–Kier alpha value is -1.19. The maximum atomic E-state index is 6.06. The fourth-order valence-electron chi connectivity index (χ4n) is 2.54. The van der Waals surface area contributed by atoms with E-state index < -0.39 is 0 Å². The van der Waals surface area contributed by atoms with E-state index in [-0.39, 0.29) is 6.04 Å². The molecule has 3 rings (SSSR count). The third-order valence-corrected chi connectivity index (χ3v) is 4.49. The van der Waals surface area contributed by atoms with Gasteiger partial charge < -0.3 is 5.73 Å². The van der Waals surface area contributed by atoms with Gasteiger partial charge in [0.05, 0.1) is 15.2 Å². The van der Waals surface area contributed by atoms with Crippen molar-refractivity contribution in [2.24, 2.45) is 5.73 Å². The van der Waals surface area contributed by atoms with Crippen molar-refractivity contribution in [1.82, 2.24) is 4.98 Å². The molecule has 0 aliphatic heterocycles. The Balaban J connectivity index is 1.82. The summed E-state index contributed by atoms with van der Waals surface area (Å²) in [7, 11) is 0. The van der Waals surface area contributed by atoms with Gasteiger partial charge in [-0.05, 0) is 31.4 Å². The summed E-state index contributed by atoms with van der Waals surface area (Å²) in [4.78, 5) is 4.70. The first-order valence-corrected chi connectivity index (χ1v) is 7.42. The van der Waals surface area contributed by atoms with Gasteiger partial charge in [0.15, 0.2) is 0 Å². The molecule has 1 heterocycles. The van der Waals surface area contributed by atoms with Crippen LogP contribution in [-0.2, 0) is 6.42 Å². The number of benzene rings is 1. The molecule has 0 fully saturated rings. The number of rotatable bonds is 2. The number of hydrogen-bond donors (Lipinski definition) is 1. The van der Waals surface area contributed by atoms with Crippen molar-refractivity contribution in [1.29, 1.82) is 0 Å². The fourth-order valence-corrected chi connectivity index (χ4v) is 3.56. The van der Waals surface area contributed by atoms with Crippen LogP contribution in [0.25, 0.3) is 10.2 Å². The number of allylic oxidation sites excluding steroid dienone is 1. The lowest BCUT2D eigenvalue weighted by Crippen LogP contribution is -2.16. The van der Waals surface area contributed by atoms with E-state index in [2.05, 4.69) is 24.3 Å². The third-order valence-electron chi connectivity index (χ3n) is 3.45. The Morgan fingerprint density at radius 3 is 3.06 bits per heavy atom. The van der Waals surface area contributed by atoms with Gasteiger partial charge in [0.2, 0.25) is 0 Å². The van der Waals surface area contributed by atoms with Crippen LogP contribution in [0.1, 0.15) is 30.7 Å². The number of para-hydroxylation sites is 1. The fraction of sp³-hybridized carbons (Fsp3) is 0.400. The molecule has 0 spiro atoms. The van der Waals surface area contributed by atoms with Gasteiger partial charge in [-0.25, -0.2) is 4.98 Å². The van der Waals surface area contributed by atoms with Gasteiger partial charge >= 0.3 is 0 Å². The lowest BCUT2D eigenvalue weighted by Gasteiger charge is -2.04. The number of hydrogen-bond acceptors (Lipinski definition) is 3. The summed E-state index contributed by atoms with van der Waals surface area (Å²) >= 11 is 1.81. The van der Waals surface area contributed by atoms with Crippen LogP contribution in [0.5, 0.6) is 0 Å². The number of thiazole rings is 1. The molecule has 0 saturated heterocycles. The lowest BCUT2D eigenvalue weighted by atomic mass is 10.1. The van der Waals surface area contributed by atoms with Crippen LogP contribution in [-0.4, -0.2) is 11.0 Å². The lowest BCUT2D eigenvalue weighted by molar-refractivity contribution is 0.654. The van der Waals surface area contributed by atoms with Crippen LogP contribution in [0.3, 0.4) is 0 Å². The van der Waals surface area contributed by atoms with Gasteiger partial charge in [-0.1, -0.05) is 30.2 Å². The molecular weight excluding hydrogens is 240 g/mol. The second kappa shape index (κ2) is 5.21. The zero-order valence-corrected chi connectivity index (χ0v) is 11.2. The molecule has 1 aliphatic rings. The minimum atomic E-state index is 0.247. The molecule has 0 bridgehead atoms. The predicted octanol–water partition coefficient (Wildman–Crippen LogP) is 3.67. The monoisotopic (exact) mass is 258 g/mol. The minimum absolute atomic E-state index is 0.247. The minimum Gasteiger partial charge on any atom is -0.324 e. The molecule has 2 aromatic rings. The summed E-state index contributed by atoms with van der Waals surface area (Å²) < 4.78 is 1.28. The van der Waals surface area contributed by atoms with Gasteiger partial charge in [0.1, 0.15) is 0 Å². The molecule has 1 unspecified atom stereocenters. The van der Waals surface area contributed by atoms with Crippen molar-refractivity contribution in [3.05, 3.63) is 40.9 Å². The van der Waals surface area contributed by atoms with Gasteiger partial charge in [-0.3, -0.25) is 0 Å². The van der Waals surface area contributed by atoms with Crippen LogP contribution in [0.2, 0.25) is 0 Å². The van der Waals surface area contributed by atoms with Gasteiger partial charge in [0.25, 0.3) is 0 Å². The SMILES string of the molecule is NC1C=C(Cc2nc3ccccc3s2)CCCC1. The molecule has 18 heavy (non-hydrogen) atoms. The van der Waals surface area contributed by atoms with Crippen molar-refractivity contribution in [3.8, 4) is 0 Å². The Morgan fingerprint density at radius 2 is 2.17 bits per heavy atom. The topological polar surface area (TPSA) is 38.9 Å². The smallest absolute Gasteiger partial charge is 0.0979 e. The number of fused-ring (bicyclic) bond motifs is 1. The molecule has 0 saturated carbocycles. The highest BCUT2D eigenvalue weighted by atomic mass is 32.1. The highest BCUT2D eigenvalue weighted by Crippen LogP contribution is 2.26. The molecule has 1 aromatic carbocycles. The Bertz CT molecular complexity index is 538.